The minimum Gasteiger partial charge on any atom is -0.504 e. The fraction of sp³-hybridized carbons (Fsp3) is 0.286. The zero-order valence-electron chi connectivity index (χ0n) is 11.8. The van der Waals surface area contributed by atoms with Crippen molar-refractivity contribution in [3.63, 3.8) is 0 Å². The molecule has 0 aliphatic carbocycles. The van der Waals surface area contributed by atoms with Gasteiger partial charge in [0, 0.05) is 11.3 Å². The highest BCUT2D eigenvalue weighted by molar-refractivity contribution is 14.1. The molecule has 1 aliphatic heterocycles. The zero-order valence-corrected chi connectivity index (χ0v) is 14.8. The van der Waals surface area contributed by atoms with Crippen molar-refractivity contribution >= 4 is 45.7 Å². The van der Waals surface area contributed by atoms with Crippen molar-refractivity contribution in [2.24, 2.45) is 0 Å². The number of aromatic hydroxyl groups is 1. The Balaban J connectivity index is 2.58. The number of benzene rings is 1. The van der Waals surface area contributed by atoms with Crippen molar-refractivity contribution in [3.05, 3.63) is 32.5 Å². The third-order valence-electron chi connectivity index (χ3n) is 3.25. The Labute approximate surface area is 141 Å². The summed E-state index contributed by atoms with van der Waals surface area (Å²) in [6.45, 7) is 3.34. The van der Waals surface area contributed by atoms with E-state index in [2.05, 4.69) is 10.6 Å². The Morgan fingerprint density at radius 2 is 2.14 bits per heavy atom. The number of phenolic OH excluding ortho intramolecular Hbond substituents is 1. The number of allylic oxidation sites excluding steroid dienone is 1. The molecule has 0 spiro atoms. The summed E-state index contributed by atoms with van der Waals surface area (Å²) in [4.78, 5) is 11.9. The van der Waals surface area contributed by atoms with Gasteiger partial charge in [-0.2, -0.15) is 0 Å². The average molecular weight is 418 g/mol. The monoisotopic (exact) mass is 418 g/mol. The van der Waals surface area contributed by atoms with Crippen LogP contribution in [0.3, 0.4) is 0 Å². The Morgan fingerprint density at radius 3 is 2.71 bits per heavy atom. The topological polar surface area (TPSA) is 70.6 Å². The lowest BCUT2D eigenvalue weighted by atomic mass is 9.93. The summed E-state index contributed by atoms with van der Waals surface area (Å²) < 4.78 is 5.82. The van der Waals surface area contributed by atoms with Gasteiger partial charge < -0.3 is 20.5 Å². The molecule has 21 heavy (non-hydrogen) atoms. The molecule has 1 heterocycles. The molecule has 0 aromatic heterocycles. The minimum absolute atomic E-state index is 0.0398. The lowest BCUT2D eigenvalue weighted by Gasteiger charge is -2.30. The average Bonchev–Trinajstić information content (AvgIpc) is 2.40. The van der Waals surface area contributed by atoms with Gasteiger partial charge in [-0.3, -0.25) is 4.79 Å². The van der Waals surface area contributed by atoms with Gasteiger partial charge in [0.15, 0.2) is 22.4 Å². The molecule has 5 nitrogen and oxygen atoms in total. The van der Waals surface area contributed by atoms with Crippen LogP contribution in [0.25, 0.3) is 0 Å². The maximum absolute atomic E-state index is 11.9. The van der Waals surface area contributed by atoms with Gasteiger partial charge in [-0.25, -0.2) is 0 Å². The highest BCUT2D eigenvalue weighted by atomic mass is 127. The molecule has 3 N–H and O–H groups in total. The van der Waals surface area contributed by atoms with Crippen LogP contribution in [0.15, 0.2) is 23.4 Å². The van der Waals surface area contributed by atoms with Gasteiger partial charge in [0.05, 0.1) is 16.7 Å². The smallest absolute Gasteiger partial charge is 0.171 e. The fourth-order valence-electron chi connectivity index (χ4n) is 2.33. The quantitative estimate of drug-likeness (QED) is 0.518. The molecule has 0 saturated heterocycles. The van der Waals surface area contributed by atoms with Gasteiger partial charge in [-0.05, 0) is 66.4 Å². The molecule has 0 amide bonds. The molecule has 7 heteroatoms. The number of Topliss-reactive ketones (excluding diaryl/α,β-unsaturated/α-hetero) is 1. The number of methoxy groups -OCH3 is 1. The van der Waals surface area contributed by atoms with Crippen LogP contribution in [0.5, 0.6) is 11.5 Å². The van der Waals surface area contributed by atoms with E-state index in [1.807, 2.05) is 29.5 Å². The number of carbonyl (C=O) groups excluding carboxylic acids is 1. The molecule has 1 aromatic carbocycles. The van der Waals surface area contributed by atoms with E-state index in [-0.39, 0.29) is 17.6 Å². The molecule has 0 fully saturated rings. The van der Waals surface area contributed by atoms with Crippen LogP contribution in [-0.4, -0.2) is 23.1 Å². The number of hydrogen-bond acceptors (Lipinski definition) is 4. The standard InChI is InChI=1S/C14H15IN2O3S/c1-6-11(7(2)18)12(17-14(21)16-6)8-4-9(15)13(19)10(5-8)20-3/h4-5,12,19H,1-3H3,(H2,16,17,21)/t12-/m0/s1. The maximum Gasteiger partial charge on any atom is 0.171 e. The van der Waals surface area contributed by atoms with Crippen LogP contribution in [0.2, 0.25) is 0 Å². The predicted molar refractivity (Wildman–Crippen MR) is 92.4 cm³/mol. The van der Waals surface area contributed by atoms with Gasteiger partial charge in [-0.1, -0.05) is 0 Å². The molecule has 1 atom stereocenters. The Bertz CT molecular complexity index is 658. The summed E-state index contributed by atoms with van der Waals surface area (Å²) in [5.74, 6) is 0.411. The normalized spacial score (nSPS) is 18.1. The fourth-order valence-corrected chi connectivity index (χ4v) is 3.22. The van der Waals surface area contributed by atoms with Crippen molar-refractivity contribution in [3.8, 4) is 11.5 Å². The van der Waals surface area contributed by atoms with Crippen LogP contribution < -0.4 is 15.4 Å². The number of halogens is 1. The number of rotatable bonds is 3. The second kappa shape index (κ2) is 6.18. The lowest BCUT2D eigenvalue weighted by molar-refractivity contribution is -0.114. The molecule has 112 valence electrons. The summed E-state index contributed by atoms with van der Waals surface area (Å²) in [7, 11) is 1.49. The summed E-state index contributed by atoms with van der Waals surface area (Å²) in [5, 5.41) is 16.4. The van der Waals surface area contributed by atoms with Gasteiger partial charge >= 0.3 is 0 Å². The maximum atomic E-state index is 11.9. The van der Waals surface area contributed by atoms with Crippen LogP contribution in [0.1, 0.15) is 25.5 Å². The number of ketones is 1. The SMILES string of the molecule is COc1cc([C@@H]2NC(=S)NC(C)=C2C(C)=O)cc(I)c1O. The minimum atomic E-state index is -0.362. The van der Waals surface area contributed by atoms with E-state index in [0.29, 0.717) is 20.0 Å². The van der Waals surface area contributed by atoms with E-state index in [1.165, 1.54) is 14.0 Å². The molecular weight excluding hydrogens is 403 g/mol. The van der Waals surface area contributed by atoms with Crippen molar-refractivity contribution in [2.45, 2.75) is 19.9 Å². The molecule has 1 aliphatic rings. The number of thiocarbonyl (C=S) groups is 1. The third kappa shape index (κ3) is 3.13. The second-order valence-electron chi connectivity index (χ2n) is 4.68. The van der Waals surface area contributed by atoms with Crippen molar-refractivity contribution < 1.29 is 14.6 Å². The van der Waals surface area contributed by atoms with Crippen molar-refractivity contribution in [1.29, 1.82) is 0 Å². The van der Waals surface area contributed by atoms with Crippen LogP contribution in [0, 0.1) is 3.57 Å². The zero-order chi connectivity index (χ0) is 15.7. The second-order valence-corrected chi connectivity index (χ2v) is 6.25. The number of hydrogen-bond donors (Lipinski definition) is 3. The molecule has 2 rings (SSSR count). The first-order valence-electron chi connectivity index (χ1n) is 6.20. The summed E-state index contributed by atoms with van der Waals surface area (Å²) in [6, 6.07) is 3.15. The highest BCUT2D eigenvalue weighted by Crippen LogP contribution is 2.37. The van der Waals surface area contributed by atoms with Crippen molar-refractivity contribution in [1.82, 2.24) is 10.6 Å². The van der Waals surface area contributed by atoms with Crippen molar-refractivity contribution in [2.75, 3.05) is 7.11 Å². The Kier molecular flexibility index (Phi) is 4.72. The molecular formula is C14H15IN2O3S. The van der Waals surface area contributed by atoms with E-state index in [1.54, 1.807) is 12.1 Å². The lowest BCUT2D eigenvalue weighted by Crippen LogP contribution is -2.44. The summed E-state index contributed by atoms with van der Waals surface area (Å²) >= 11 is 7.19. The first-order chi connectivity index (χ1) is 9.85. The first-order valence-corrected chi connectivity index (χ1v) is 7.69. The number of carbonyl (C=O) groups is 1. The predicted octanol–water partition coefficient (Wildman–Crippen LogP) is 2.39. The van der Waals surface area contributed by atoms with E-state index < -0.39 is 0 Å². The van der Waals surface area contributed by atoms with Crippen LogP contribution in [0.4, 0.5) is 0 Å². The summed E-state index contributed by atoms with van der Waals surface area (Å²) in [5.41, 5.74) is 2.16. The van der Waals surface area contributed by atoms with Crippen LogP contribution in [-0.2, 0) is 4.79 Å². The molecule has 0 saturated carbocycles. The Hall–Kier alpha value is -1.35. The van der Waals surface area contributed by atoms with E-state index in [9.17, 15) is 9.90 Å². The van der Waals surface area contributed by atoms with E-state index >= 15 is 0 Å². The van der Waals surface area contributed by atoms with Gasteiger partial charge in [0.1, 0.15) is 0 Å². The van der Waals surface area contributed by atoms with Crippen LogP contribution >= 0.6 is 34.8 Å². The van der Waals surface area contributed by atoms with Gasteiger partial charge in [0.2, 0.25) is 0 Å². The number of phenols is 1. The van der Waals surface area contributed by atoms with Gasteiger partial charge in [0.25, 0.3) is 0 Å². The molecule has 0 unspecified atom stereocenters. The molecule has 0 bridgehead atoms. The highest BCUT2D eigenvalue weighted by Gasteiger charge is 2.28. The first kappa shape index (κ1) is 16.0. The Morgan fingerprint density at radius 1 is 1.48 bits per heavy atom. The largest absolute Gasteiger partial charge is 0.504 e. The van der Waals surface area contributed by atoms with E-state index in [0.717, 1.165) is 11.3 Å². The summed E-state index contributed by atoms with van der Waals surface area (Å²) in [6.07, 6.45) is 0. The number of ether oxygens (including phenoxy) is 1. The number of nitrogens with one attached hydrogen (secondary N) is 2. The third-order valence-corrected chi connectivity index (χ3v) is 4.29. The molecule has 1 aromatic rings. The van der Waals surface area contributed by atoms with E-state index in [4.69, 9.17) is 17.0 Å². The molecule has 0 radical (unpaired) electrons. The van der Waals surface area contributed by atoms with Gasteiger partial charge in [-0.15, -0.1) is 0 Å².